The van der Waals surface area contributed by atoms with Gasteiger partial charge >= 0.3 is 0 Å². The molecule has 10 heteroatoms. The summed E-state index contributed by atoms with van der Waals surface area (Å²) in [5.41, 5.74) is 9.09. The highest BCUT2D eigenvalue weighted by Crippen LogP contribution is 2.25. The highest BCUT2D eigenvalue weighted by atomic mass is 16.5. The number of aromatic nitrogens is 4. The Labute approximate surface area is 214 Å². The van der Waals surface area contributed by atoms with Crippen LogP contribution in [0.5, 0.6) is 5.75 Å². The molecule has 1 aliphatic rings. The number of imidazole rings is 1. The lowest BCUT2D eigenvalue weighted by molar-refractivity contribution is -0.127. The highest BCUT2D eigenvalue weighted by Gasteiger charge is 2.21. The van der Waals surface area contributed by atoms with Crippen molar-refractivity contribution in [1.29, 1.82) is 0 Å². The van der Waals surface area contributed by atoms with Crippen molar-refractivity contribution in [3.05, 3.63) is 66.0 Å². The van der Waals surface area contributed by atoms with Gasteiger partial charge in [0.15, 0.2) is 17.3 Å². The third-order valence-electron chi connectivity index (χ3n) is 6.54. The summed E-state index contributed by atoms with van der Waals surface area (Å²) >= 11 is 0. The molecule has 2 aromatic carbocycles. The average molecular weight is 500 g/mol. The van der Waals surface area contributed by atoms with Gasteiger partial charge in [0.05, 0.1) is 13.4 Å². The fourth-order valence-corrected chi connectivity index (χ4v) is 4.43. The molecule has 5 rings (SSSR count). The number of carbonyl (C=O) groups is 2. The fraction of sp³-hybridized carbons (Fsp3) is 0.296. The van der Waals surface area contributed by atoms with Crippen molar-refractivity contribution >= 4 is 28.8 Å². The number of nitrogens with two attached hydrogens (primary N) is 1. The maximum absolute atomic E-state index is 12.1. The molecule has 3 N–H and O–H groups in total. The second-order valence-electron chi connectivity index (χ2n) is 8.96. The van der Waals surface area contributed by atoms with E-state index < -0.39 is 5.91 Å². The Bertz CT molecular complexity index is 1410. The third-order valence-corrected chi connectivity index (χ3v) is 6.54. The Morgan fingerprint density at radius 1 is 1.08 bits per heavy atom. The minimum Gasteiger partial charge on any atom is -0.497 e. The van der Waals surface area contributed by atoms with E-state index in [0.717, 1.165) is 30.7 Å². The number of hydrogen-bond acceptors (Lipinski definition) is 7. The summed E-state index contributed by atoms with van der Waals surface area (Å²) in [6.07, 6.45) is 4.05. The van der Waals surface area contributed by atoms with Gasteiger partial charge in [0, 0.05) is 43.7 Å². The molecule has 0 saturated carbocycles. The van der Waals surface area contributed by atoms with Crippen molar-refractivity contribution < 1.29 is 14.3 Å². The van der Waals surface area contributed by atoms with E-state index in [1.807, 2.05) is 33.7 Å². The number of nitrogens with one attached hydrogen (secondary N) is 1. The molecule has 0 bridgehead atoms. The molecule has 37 heavy (non-hydrogen) atoms. The lowest BCUT2D eigenvalue weighted by atomic mass is 10.1. The summed E-state index contributed by atoms with van der Waals surface area (Å²) in [4.78, 5) is 39.6. The van der Waals surface area contributed by atoms with Gasteiger partial charge in [-0.2, -0.15) is 0 Å². The zero-order chi connectivity index (χ0) is 25.8. The lowest BCUT2D eigenvalue weighted by Gasteiger charge is -2.16. The predicted octanol–water partition coefficient (Wildman–Crippen LogP) is 2.88. The first-order chi connectivity index (χ1) is 18.0. The first-order valence-corrected chi connectivity index (χ1v) is 12.3. The van der Waals surface area contributed by atoms with Gasteiger partial charge in [0.2, 0.25) is 11.8 Å². The van der Waals surface area contributed by atoms with Crippen LogP contribution < -0.4 is 15.8 Å². The number of methoxy groups -OCH3 is 1. The van der Waals surface area contributed by atoms with Crippen LogP contribution in [-0.4, -0.2) is 63.0 Å². The molecule has 1 fully saturated rings. The van der Waals surface area contributed by atoms with Crippen LogP contribution in [0, 0.1) is 0 Å². The van der Waals surface area contributed by atoms with Crippen LogP contribution in [0.2, 0.25) is 0 Å². The molecule has 0 radical (unpaired) electrons. The summed E-state index contributed by atoms with van der Waals surface area (Å²) in [6, 6.07) is 14.9. The topological polar surface area (TPSA) is 128 Å². The molecule has 0 aliphatic carbocycles. The predicted molar refractivity (Wildman–Crippen MR) is 140 cm³/mol. The molecule has 4 aromatic rings. The third kappa shape index (κ3) is 5.37. The quantitative estimate of drug-likeness (QED) is 0.343. The molecule has 1 aliphatic heterocycles. The number of anilines is 1. The summed E-state index contributed by atoms with van der Waals surface area (Å²) in [7, 11) is 1.65. The van der Waals surface area contributed by atoms with Crippen LogP contribution in [0.3, 0.4) is 0 Å². The van der Waals surface area contributed by atoms with Gasteiger partial charge in [-0.05, 0) is 42.7 Å². The standard InChI is InChI=1S/C27H29N7O3/c1-37-21-10-4-18(5-11-21)12-13-29-26-23-27(34(17-30-23)16-15-33-14-2-3-22(33)35)32-25(31-26)20-8-6-19(7-9-20)24(28)36/h4-11,17H,2-3,12-16H2,1H3,(H2,28,36)(H,29,31,32). The van der Waals surface area contributed by atoms with E-state index in [1.165, 1.54) is 5.56 Å². The normalized spacial score (nSPS) is 13.3. The number of benzene rings is 2. The van der Waals surface area contributed by atoms with Crippen LogP contribution in [-0.2, 0) is 17.8 Å². The zero-order valence-corrected chi connectivity index (χ0v) is 20.7. The Morgan fingerprint density at radius 3 is 2.54 bits per heavy atom. The van der Waals surface area contributed by atoms with Crippen molar-refractivity contribution in [3.8, 4) is 17.1 Å². The number of nitrogens with zero attached hydrogens (tertiary/aromatic N) is 5. The summed E-state index contributed by atoms with van der Waals surface area (Å²) in [5, 5.41) is 3.43. The van der Waals surface area contributed by atoms with E-state index in [9.17, 15) is 9.59 Å². The Morgan fingerprint density at radius 2 is 1.86 bits per heavy atom. The molecule has 3 heterocycles. The van der Waals surface area contributed by atoms with Gasteiger partial charge in [-0.25, -0.2) is 15.0 Å². The van der Waals surface area contributed by atoms with Crippen molar-refractivity contribution in [1.82, 2.24) is 24.4 Å². The van der Waals surface area contributed by atoms with Crippen LogP contribution in [0.25, 0.3) is 22.6 Å². The van der Waals surface area contributed by atoms with Crippen molar-refractivity contribution in [2.24, 2.45) is 5.73 Å². The van der Waals surface area contributed by atoms with Crippen LogP contribution in [0.1, 0.15) is 28.8 Å². The van der Waals surface area contributed by atoms with Gasteiger partial charge < -0.3 is 25.3 Å². The Hall–Kier alpha value is -4.47. The number of likely N-dealkylation sites (tertiary alicyclic amines) is 1. The zero-order valence-electron chi connectivity index (χ0n) is 20.7. The Kier molecular flexibility index (Phi) is 6.98. The summed E-state index contributed by atoms with van der Waals surface area (Å²) < 4.78 is 7.19. The molecule has 2 amide bonds. The minimum atomic E-state index is -0.488. The van der Waals surface area contributed by atoms with E-state index in [2.05, 4.69) is 10.3 Å². The van der Waals surface area contributed by atoms with Gasteiger partial charge in [0.1, 0.15) is 11.3 Å². The van der Waals surface area contributed by atoms with Crippen molar-refractivity contribution in [3.63, 3.8) is 0 Å². The number of fused-ring (bicyclic) bond motifs is 1. The van der Waals surface area contributed by atoms with E-state index in [0.29, 0.717) is 54.4 Å². The maximum atomic E-state index is 12.1. The molecular weight excluding hydrogens is 470 g/mol. The highest BCUT2D eigenvalue weighted by molar-refractivity contribution is 5.93. The summed E-state index contributed by atoms with van der Waals surface area (Å²) in [6.45, 7) is 2.63. The molecule has 1 saturated heterocycles. The summed E-state index contributed by atoms with van der Waals surface area (Å²) in [5.74, 6) is 1.66. The SMILES string of the molecule is COc1ccc(CCNc2nc(-c3ccc(C(N)=O)cc3)nc3c2ncn3CCN2CCCC2=O)cc1. The second-order valence-corrected chi connectivity index (χ2v) is 8.96. The number of primary amides is 1. The molecular formula is C27H29N7O3. The molecule has 0 unspecified atom stereocenters. The monoisotopic (exact) mass is 499 g/mol. The lowest BCUT2D eigenvalue weighted by Crippen LogP contribution is -2.28. The number of rotatable bonds is 10. The van der Waals surface area contributed by atoms with E-state index in [4.69, 9.17) is 20.4 Å². The smallest absolute Gasteiger partial charge is 0.248 e. The van der Waals surface area contributed by atoms with E-state index in [-0.39, 0.29) is 5.91 Å². The fourth-order valence-electron chi connectivity index (χ4n) is 4.43. The van der Waals surface area contributed by atoms with Gasteiger partial charge in [0.25, 0.3) is 0 Å². The van der Waals surface area contributed by atoms with Gasteiger partial charge in [-0.1, -0.05) is 24.3 Å². The van der Waals surface area contributed by atoms with E-state index >= 15 is 0 Å². The van der Waals surface area contributed by atoms with Crippen molar-refractivity contribution in [2.75, 3.05) is 32.1 Å². The molecule has 190 valence electrons. The number of hydrogen-bond donors (Lipinski definition) is 2. The maximum Gasteiger partial charge on any atom is 0.248 e. The molecule has 0 spiro atoms. The van der Waals surface area contributed by atoms with Crippen molar-refractivity contribution in [2.45, 2.75) is 25.8 Å². The number of carbonyl (C=O) groups excluding carboxylic acids is 2. The van der Waals surface area contributed by atoms with Gasteiger partial charge in [-0.15, -0.1) is 0 Å². The molecule has 0 atom stereocenters. The van der Waals surface area contributed by atoms with Gasteiger partial charge in [-0.3, -0.25) is 9.59 Å². The first kappa shape index (κ1) is 24.2. The second kappa shape index (κ2) is 10.7. The van der Waals surface area contributed by atoms with Crippen LogP contribution in [0.4, 0.5) is 5.82 Å². The first-order valence-electron chi connectivity index (χ1n) is 12.3. The molecule has 2 aromatic heterocycles. The van der Waals surface area contributed by atoms with E-state index in [1.54, 1.807) is 37.7 Å². The van der Waals surface area contributed by atoms with Crippen LogP contribution >= 0.6 is 0 Å². The minimum absolute atomic E-state index is 0.190. The largest absolute Gasteiger partial charge is 0.497 e. The van der Waals surface area contributed by atoms with Crippen LogP contribution in [0.15, 0.2) is 54.9 Å². The molecule has 10 nitrogen and oxygen atoms in total. The Balaban J connectivity index is 1.42. The average Bonchev–Trinajstić information content (AvgIpc) is 3.53. The number of ether oxygens (including phenoxy) is 1. The number of amides is 2.